The standard InChI is InChI=1S/C63H106N2O16/c1-9-17-55(66)74-38-10-11-40-76-59(70)29-36-65(37-30-60(71)77-41-13-12-39-75-58(69)28-35-64(7)33-15-42-78-56(67)24-25-57(68)79-45-44-73-8)34-16-43-80-61(72)81-50-26-31-62(5)49(46-50)20-21-51-53-23-22-52(48(4)19-14-18-47(2)3)63(53,6)32-27-54(51)62/h20,47-48,50-54H,9-19,21-46H2,1-8H3/t48-,50?,51?,52?,53?,54?,62+,63-/m1/s1. The lowest BCUT2D eigenvalue weighted by Gasteiger charge is -2.58. The minimum absolute atomic E-state index is 0.0545. The molecule has 464 valence electrons. The maximum Gasteiger partial charge on any atom is 0.508 e. The predicted octanol–water partition coefficient (Wildman–Crippen LogP) is 10.8. The van der Waals surface area contributed by atoms with Crippen LogP contribution in [0.1, 0.15) is 196 Å². The molecule has 0 aromatic heterocycles. The van der Waals surface area contributed by atoms with Crippen LogP contribution in [0.3, 0.4) is 0 Å². The van der Waals surface area contributed by atoms with Gasteiger partial charge in [-0.05, 0) is 143 Å². The molecule has 0 radical (unpaired) electrons. The molecule has 3 saturated carbocycles. The Hall–Kier alpha value is -4.29. The van der Waals surface area contributed by atoms with Gasteiger partial charge in [0, 0.05) is 52.7 Å². The van der Waals surface area contributed by atoms with Crippen LogP contribution in [0, 0.1) is 46.3 Å². The van der Waals surface area contributed by atoms with Gasteiger partial charge in [0.25, 0.3) is 0 Å². The quantitative estimate of drug-likeness (QED) is 0.0241. The number of carbonyl (C=O) groups excluding carboxylic acids is 7. The third kappa shape index (κ3) is 25.2. The monoisotopic (exact) mass is 1150 g/mol. The van der Waals surface area contributed by atoms with Crippen LogP contribution in [-0.2, 0) is 71.4 Å². The number of methoxy groups -OCH3 is 1. The molecule has 4 aliphatic rings. The van der Waals surface area contributed by atoms with Crippen molar-refractivity contribution in [2.75, 3.05) is 99.7 Å². The van der Waals surface area contributed by atoms with Gasteiger partial charge in [0.15, 0.2) is 0 Å². The molecule has 18 nitrogen and oxygen atoms in total. The summed E-state index contributed by atoms with van der Waals surface area (Å²) in [5.41, 5.74) is 2.06. The van der Waals surface area contributed by atoms with Crippen molar-refractivity contribution in [3.63, 3.8) is 0 Å². The van der Waals surface area contributed by atoms with Gasteiger partial charge in [-0.3, -0.25) is 28.8 Å². The van der Waals surface area contributed by atoms with E-state index in [1.54, 1.807) is 0 Å². The second-order valence-electron chi connectivity index (χ2n) is 24.5. The molecule has 4 rings (SSSR count). The zero-order chi connectivity index (χ0) is 59.0. The zero-order valence-corrected chi connectivity index (χ0v) is 51.2. The second-order valence-corrected chi connectivity index (χ2v) is 24.5. The van der Waals surface area contributed by atoms with E-state index in [2.05, 4.69) is 40.7 Å². The fourth-order valence-corrected chi connectivity index (χ4v) is 13.3. The van der Waals surface area contributed by atoms with Gasteiger partial charge in [-0.15, -0.1) is 0 Å². The number of fused-ring (bicyclic) bond motifs is 5. The summed E-state index contributed by atoms with van der Waals surface area (Å²) in [4.78, 5) is 90.0. The Labute approximate surface area is 485 Å². The first kappa shape index (κ1) is 69.2. The predicted molar refractivity (Wildman–Crippen MR) is 307 cm³/mol. The molecule has 0 N–H and O–H groups in total. The fraction of sp³-hybridized carbons (Fsp3) is 0.857. The Morgan fingerprint density at radius 3 is 1.67 bits per heavy atom. The van der Waals surface area contributed by atoms with E-state index in [-0.39, 0.29) is 108 Å². The summed E-state index contributed by atoms with van der Waals surface area (Å²) in [7, 11) is 3.36. The molecule has 0 aliphatic heterocycles. The van der Waals surface area contributed by atoms with Gasteiger partial charge in [-0.1, -0.05) is 72.5 Å². The molecule has 3 fully saturated rings. The highest BCUT2D eigenvalue weighted by Gasteiger charge is 2.59. The molecule has 0 saturated heterocycles. The summed E-state index contributed by atoms with van der Waals surface area (Å²) in [6.07, 6.45) is 19.4. The number of esters is 6. The van der Waals surface area contributed by atoms with Gasteiger partial charge in [0.05, 0.1) is 78.4 Å². The summed E-state index contributed by atoms with van der Waals surface area (Å²) in [5, 5.41) is 0. The van der Waals surface area contributed by atoms with E-state index in [4.69, 9.17) is 42.6 Å². The highest BCUT2D eigenvalue weighted by Crippen LogP contribution is 2.67. The Morgan fingerprint density at radius 2 is 1.09 bits per heavy atom. The number of rotatable bonds is 41. The second kappa shape index (κ2) is 37.8. The van der Waals surface area contributed by atoms with Crippen LogP contribution in [0.2, 0.25) is 0 Å². The lowest BCUT2D eigenvalue weighted by molar-refractivity contribution is -0.151. The molecule has 0 aromatic rings. The topological polar surface area (TPSA) is 209 Å². The minimum atomic E-state index is -0.661. The lowest BCUT2D eigenvalue weighted by atomic mass is 9.47. The third-order valence-electron chi connectivity index (χ3n) is 17.9. The molecular formula is C63H106N2O16. The van der Waals surface area contributed by atoms with E-state index in [9.17, 15) is 33.6 Å². The Morgan fingerprint density at radius 1 is 0.556 bits per heavy atom. The van der Waals surface area contributed by atoms with Gasteiger partial charge >= 0.3 is 42.0 Å². The van der Waals surface area contributed by atoms with Gasteiger partial charge in [0.2, 0.25) is 0 Å². The van der Waals surface area contributed by atoms with E-state index in [1.807, 2.05) is 23.8 Å². The zero-order valence-electron chi connectivity index (χ0n) is 51.2. The molecule has 0 aromatic carbocycles. The first-order valence-electron chi connectivity index (χ1n) is 31.2. The molecule has 0 bridgehead atoms. The molecule has 0 spiro atoms. The van der Waals surface area contributed by atoms with Crippen LogP contribution in [0.25, 0.3) is 0 Å². The van der Waals surface area contributed by atoms with Crippen molar-refractivity contribution in [1.82, 2.24) is 9.80 Å². The van der Waals surface area contributed by atoms with Crippen molar-refractivity contribution in [2.24, 2.45) is 46.3 Å². The molecular weight excluding hydrogens is 1040 g/mol. The molecule has 8 atom stereocenters. The van der Waals surface area contributed by atoms with E-state index in [1.165, 1.54) is 57.6 Å². The van der Waals surface area contributed by atoms with Crippen molar-refractivity contribution in [1.29, 1.82) is 0 Å². The smallest absolute Gasteiger partial charge is 0.466 e. The SMILES string of the molecule is CCCC(=O)OCCCCOC(=O)CCN(CCCOC(=O)OC1CC[C@@]2(C)C(=CCC3C4CCC([C@H](C)CCCC(C)C)[C@@]4(C)CCC32)C1)CCC(=O)OCCCCOC(=O)CCN(C)CCCOC(=O)CCC(=O)OCCOC. The number of nitrogens with zero attached hydrogens (tertiary/aromatic N) is 2. The van der Waals surface area contributed by atoms with E-state index < -0.39 is 24.1 Å². The maximum absolute atomic E-state index is 13.1. The minimum Gasteiger partial charge on any atom is -0.466 e. The number of carbonyl (C=O) groups is 7. The first-order valence-corrected chi connectivity index (χ1v) is 31.2. The van der Waals surface area contributed by atoms with Gasteiger partial charge in [0.1, 0.15) is 12.7 Å². The number of hydrogen-bond donors (Lipinski definition) is 0. The van der Waals surface area contributed by atoms with E-state index in [0.29, 0.717) is 95.6 Å². The van der Waals surface area contributed by atoms with Gasteiger partial charge in [-0.25, -0.2) is 4.79 Å². The van der Waals surface area contributed by atoms with Crippen LogP contribution in [-0.4, -0.2) is 158 Å². The first-order chi connectivity index (χ1) is 38.9. The summed E-state index contributed by atoms with van der Waals surface area (Å²) in [6.45, 7) is 18.0. The third-order valence-corrected chi connectivity index (χ3v) is 17.9. The lowest BCUT2D eigenvalue weighted by Crippen LogP contribution is -2.51. The summed E-state index contributed by atoms with van der Waals surface area (Å²) < 4.78 is 48.0. The van der Waals surface area contributed by atoms with Crippen molar-refractivity contribution in [2.45, 2.75) is 202 Å². The highest BCUT2D eigenvalue weighted by molar-refractivity contribution is 5.77. The molecule has 18 heteroatoms. The normalized spacial score (nSPS) is 23.3. The molecule has 0 amide bonds. The summed E-state index contributed by atoms with van der Waals surface area (Å²) in [6, 6.07) is 0. The maximum atomic E-state index is 13.1. The summed E-state index contributed by atoms with van der Waals surface area (Å²) in [5.74, 6) is 2.32. The number of allylic oxidation sites excluding steroid dienone is 1. The largest absolute Gasteiger partial charge is 0.508 e. The van der Waals surface area contributed by atoms with Crippen LogP contribution in [0.4, 0.5) is 4.79 Å². The number of hydrogen-bond acceptors (Lipinski definition) is 18. The number of unbranched alkanes of at least 4 members (excludes halogenated alkanes) is 2. The number of ether oxygens (including phenoxy) is 9. The van der Waals surface area contributed by atoms with Crippen LogP contribution >= 0.6 is 0 Å². The van der Waals surface area contributed by atoms with Gasteiger partial charge < -0.3 is 52.4 Å². The molecule has 4 aliphatic carbocycles. The molecule has 0 heterocycles. The van der Waals surface area contributed by atoms with Crippen LogP contribution in [0.5, 0.6) is 0 Å². The highest BCUT2D eigenvalue weighted by atomic mass is 16.7. The fourth-order valence-electron chi connectivity index (χ4n) is 13.3. The van der Waals surface area contributed by atoms with E-state index >= 15 is 0 Å². The molecule has 81 heavy (non-hydrogen) atoms. The van der Waals surface area contributed by atoms with Crippen molar-refractivity contribution in [3.8, 4) is 0 Å². The Bertz CT molecular complexity index is 1950. The Kier molecular flexibility index (Phi) is 32.3. The summed E-state index contributed by atoms with van der Waals surface area (Å²) >= 11 is 0. The average molecular weight is 1150 g/mol. The van der Waals surface area contributed by atoms with Gasteiger partial charge in [-0.2, -0.15) is 0 Å². The average Bonchev–Trinajstić information content (AvgIpc) is 4.07. The van der Waals surface area contributed by atoms with Crippen LogP contribution < -0.4 is 0 Å². The van der Waals surface area contributed by atoms with Crippen molar-refractivity contribution in [3.05, 3.63) is 11.6 Å². The van der Waals surface area contributed by atoms with Crippen LogP contribution in [0.15, 0.2) is 11.6 Å². The molecule has 5 unspecified atom stereocenters. The van der Waals surface area contributed by atoms with E-state index in [0.717, 1.165) is 61.7 Å². The Balaban J connectivity index is 1.12. The van der Waals surface area contributed by atoms with Crippen molar-refractivity contribution >= 4 is 42.0 Å². The van der Waals surface area contributed by atoms with Crippen molar-refractivity contribution < 1.29 is 76.2 Å².